The lowest BCUT2D eigenvalue weighted by Crippen LogP contribution is -2.19. The molecule has 0 aliphatic heterocycles. The Kier molecular flexibility index (Phi) is 3.71. The molecule has 0 fully saturated rings. The van der Waals surface area contributed by atoms with Crippen molar-refractivity contribution >= 4 is 0 Å². The average molecular weight is 175 g/mol. The van der Waals surface area contributed by atoms with Gasteiger partial charge in [-0.2, -0.15) is 0 Å². The van der Waals surface area contributed by atoms with Crippen molar-refractivity contribution in [3.05, 3.63) is 48.0 Å². The van der Waals surface area contributed by atoms with Gasteiger partial charge in [-0.05, 0) is 24.6 Å². The summed E-state index contributed by atoms with van der Waals surface area (Å²) in [5.41, 5.74) is 2.63. The minimum Gasteiger partial charge on any atom is -0.307 e. The molecule has 0 radical (unpaired) electrons. The van der Waals surface area contributed by atoms with Gasteiger partial charge in [-0.1, -0.05) is 37.3 Å². The molecule has 0 amide bonds. The summed E-state index contributed by atoms with van der Waals surface area (Å²) in [5, 5.41) is 3.37. The summed E-state index contributed by atoms with van der Waals surface area (Å²) in [4.78, 5) is 0. The van der Waals surface area contributed by atoms with E-state index in [2.05, 4.69) is 50.0 Å². The fourth-order valence-corrected chi connectivity index (χ4v) is 1.48. The van der Waals surface area contributed by atoms with Gasteiger partial charge in [0.05, 0.1) is 6.04 Å². The Morgan fingerprint density at radius 1 is 1.46 bits per heavy atom. The molecule has 0 aliphatic rings. The predicted octanol–water partition coefficient (Wildman–Crippen LogP) is 2.83. The molecule has 0 saturated carbocycles. The Morgan fingerprint density at radius 2 is 2.15 bits per heavy atom. The van der Waals surface area contributed by atoms with Crippen LogP contribution in [0.2, 0.25) is 0 Å². The maximum atomic E-state index is 3.83. The summed E-state index contributed by atoms with van der Waals surface area (Å²) in [7, 11) is 0. The van der Waals surface area contributed by atoms with E-state index in [-0.39, 0.29) is 6.04 Å². The molecule has 1 aromatic rings. The second kappa shape index (κ2) is 4.83. The maximum Gasteiger partial charge on any atom is 0.0506 e. The molecular formula is C12H17N. The Hall–Kier alpha value is -1.08. The summed E-state index contributed by atoms with van der Waals surface area (Å²) in [6, 6.07) is 8.68. The van der Waals surface area contributed by atoms with E-state index >= 15 is 0 Å². The third-order valence-corrected chi connectivity index (χ3v) is 2.18. The van der Waals surface area contributed by atoms with E-state index in [1.807, 2.05) is 6.08 Å². The van der Waals surface area contributed by atoms with Crippen molar-refractivity contribution in [2.24, 2.45) is 0 Å². The number of hydrogen-bond acceptors (Lipinski definition) is 1. The number of likely N-dealkylation sites (N-methyl/N-ethyl adjacent to an activating group) is 1. The van der Waals surface area contributed by atoms with Crippen molar-refractivity contribution in [2.75, 3.05) is 6.54 Å². The van der Waals surface area contributed by atoms with Crippen molar-refractivity contribution < 1.29 is 0 Å². The summed E-state index contributed by atoms with van der Waals surface area (Å²) in [5.74, 6) is 0. The number of rotatable bonds is 4. The zero-order chi connectivity index (χ0) is 9.68. The quantitative estimate of drug-likeness (QED) is 0.694. The van der Waals surface area contributed by atoms with Crippen molar-refractivity contribution in [3.8, 4) is 0 Å². The van der Waals surface area contributed by atoms with Gasteiger partial charge in [-0.15, -0.1) is 6.58 Å². The van der Waals surface area contributed by atoms with Crippen LogP contribution in [0.1, 0.15) is 24.1 Å². The number of aryl methyl sites for hydroxylation is 1. The first kappa shape index (κ1) is 10.0. The number of nitrogens with one attached hydrogen (secondary N) is 1. The summed E-state index contributed by atoms with van der Waals surface area (Å²) in [6.45, 7) is 9.03. The molecule has 1 rings (SSSR count). The molecule has 70 valence electrons. The van der Waals surface area contributed by atoms with Crippen molar-refractivity contribution in [2.45, 2.75) is 19.9 Å². The van der Waals surface area contributed by atoms with Gasteiger partial charge in [0, 0.05) is 0 Å². The highest BCUT2D eigenvalue weighted by Gasteiger charge is 2.06. The zero-order valence-corrected chi connectivity index (χ0v) is 8.38. The van der Waals surface area contributed by atoms with Crippen LogP contribution in [0.15, 0.2) is 36.9 Å². The van der Waals surface area contributed by atoms with E-state index in [1.165, 1.54) is 11.1 Å². The molecule has 13 heavy (non-hydrogen) atoms. The third kappa shape index (κ3) is 2.43. The van der Waals surface area contributed by atoms with Gasteiger partial charge in [0.1, 0.15) is 0 Å². The minimum atomic E-state index is 0.284. The van der Waals surface area contributed by atoms with Gasteiger partial charge in [0.15, 0.2) is 0 Å². The Morgan fingerprint density at radius 3 is 2.69 bits per heavy atom. The van der Waals surface area contributed by atoms with Crippen LogP contribution in [0.25, 0.3) is 0 Å². The molecule has 1 atom stereocenters. The van der Waals surface area contributed by atoms with E-state index in [0.29, 0.717) is 0 Å². The highest BCUT2D eigenvalue weighted by molar-refractivity contribution is 5.30. The smallest absolute Gasteiger partial charge is 0.0506 e. The van der Waals surface area contributed by atoms with Crippen molar-refractivity contribution in [1.29, 1.82) is 0 Å². The van der Waals surface area contributed by atoms with Crippen LogP contribution in [0.3, 0.4) is 0 Å². The normalized spacial score (nSPS) is 12.5. The van der Waals surface area contributed by atoms with E-state index in [1.54, 1.807) is 0 Å². The molecule has 0 saturated heterocycles. The lowest BCUT2D eigenvalue weighted by Gasteiger charge is -2.15. The number of hydrogen-bond donors (Lipinski definition) is 1. The number of benzene rings is 1. The summed E-state index contributed by atoms with van der Waals surface area (Å²) in [6.07, 6.45) is 1.95. The maximum absolute atomic E-state index is 3.83. The molecule has 1 nitrogen and oxygen atoms in total. The van der Waals surface area contributed by atoms with Crippen LogP contribution in [-0.4, -0.2) is 6.54 Å². The van der Waals surface area contributed by atoms with E-state index in [0.717, 1.165) is 6.54 Å². The second-order valence-corrected chi connectivity index (χ2v) is 3.13. The Balaban J connectivity index is 2.90. The molecule has 1 N–H and O–H groups in total. The van der Waals surface area contributed by atoms with Gasteiger partial charge < -0.3 is 5.32 Å². The average Bonchev–Trinajstić information content (AvgIpc) is 2.16. The van der Waals surface area contributed by atoms with Crippen molar-refractivity contribution in [1.82, 2.24) is 5.32 Å². The fraction of sp³-hybridized carbons (Fsp3) is 0.333. The Labute approximate surface area is 80.5 Å². The van der Waals surface area contributed by atoms with Crippen LogP contribution in [0, 0.1) is 6.92 Å². The molecule has 1 heteroatoms. The Bertz CT molecular complexity index is 278. The standard InChI is InChI=1S/C12H17N/c1-4-12(13-5-2)11-9-7-6-8-10(11)3/h4,6-9,12-13H,1,5H2,2-3H3. The lowest BCUT2D eigenvalue weighted by molar-refractivity contribution is 0.646. The minimum absolute atomic E-state index is 0.284. The molecule has 0 bridgehead atoms. The van der Waals surface area contributed by atoms with Crippen LogP contribution in [-0.2, 0) is 0 Å². The van der Waals surface area contributed by atoms with Crippen LogP contribution in [0.4, 0.5) is 0 Å². The molecule has 1 unspecified atom stereocenters. The van der Waals surface area contributed by atoms with Gasteiger partial charge in [0.25, 0.3) is 0 Å². The van der Waals surface area contributed by atoms with Crippen LogP contribution < -0.4 is 5.32 Å². The molecule has 0 spiro atoms. The first-order valence-electron chi connectivity index (χ1n) is 4.71. The van der Waals surface area contributed by atoms with Gasteiger partial charge in [0.2, 0.25) is 0 Å². The van der Waals surface area contributed by atoms with E-state index < -0.39 is 0 Å². The summed E-state index contributed by atoms with van der Waals surface area (Å²) < 4.78 is 0. The molecule has 1 aromatic carbocycles. The third-order valence-electron chi connectivity index (χ3n) is 2.18. The highest BCUT2D eigenvalue weighted by atomic mass is 14.9. The van der Waals surface area contributed by atoms with Gasteiger partial charge in [-0.3, -0.25) is 0 Å². The molecular weight excluding hydrogens is 158 g/mol. The zero-order valence-electron chi connectivity index (χ0n) is 8.38. The first-order valence-corrected chi connectivity index (χ1v) is 4.71. The first-order chi connectivity index (χ1) is 6.29. The lowest BCUT2D eigenvalue weighted by atomic mass is 10.0. The van der Waals surface area contributed by atoms with Crippen LogP contribution in [0.5, 0.6) is 0 Å². The van der Waals surface area contributed by atoms with Gasteiger partial charge in [-0.25, -0.2) is 0 Å². The largest absolute Gasteiger partial charge is 0.307 e. The molecule has 0 aliphatic carbocycles. The van der Waals surface area contributed by atoms with E-state index in [4.69, 9.17) is 0 Å². The van der Waals surface area contributed by atoms with Crippen molar-refractivity contribution in [3.63, 3.8) is 0 Å². The van der Waals surface area contributed by atoms with E-state index in [9.17, 15) is 0 Å². The molecule has 0 aromatic heterocycles. The highest BCUT2D eigenvalue weighted by Crippen LogP contribution is 2.17. The molecule has 0 heterocycles. The monoisotopic (exact) mass is 175 g/mol. The fourth-order valence-electron chi connectivity index (χ4n) is 1.48. The van der Waals surface area contributed by atoms with Gasteiger partial charge >= 0.3 is 0 Å². The van der Waals surface area contributed by atoms with Crippen LogP contribution >= 0.6 is 0 Å². The topological polar surface area (TPSA) is 12.0 Å². The predicted molar refractivity (Wildman–Crippen MR) is 57.8 cm³/mol. The second-order valence-electron chi connectivity index (χ2n) is 3.13. The SMILES string of the molecule is C=CC(NCC)c1ccccc1C. The summed E-state index contributed by atoms with van der Waals surface area (Å²) >= 11 is 0.